The first-order valence-corrected chi connectivity index (χ1v) is 6.77. The van der Waals surface area contributed by atoms with Crippen LogP contribution < -0.4 is 0 Å². The third-order valence-corrected chi connectivity index (χ3v) is 0. The number of alkyl halides is 2. The summed E-state index contributed by atoms with van der Waals surface area (Å²) in [6.45, 7) is 15.7. The number of hydrogen-bond donors (Lipinski definition) is 3. The SMILES string of the molecule is CC(C)(C)O.CC(C)(C)O.CC(C)(C)O.ClCCl. The summed E-state index contributed by atoms with van der Waals surface area (Å²) in [5.41, 5.74) is -1.50. The Morgan fingerprint density at radius 2 is 0.556 bits per heavy atom. The van der Waals surface area contributed by atoms with Crippen molar-refractivity contribution in [3.05, 3.63) is 0 Å². The van der Waals surface area contributed by atoms with Crippen molar-refractivity contribution in [2.45, 2.75) is 79.1 Å². The van der Waals surface area contributed by atoms with Gasteiger partial charge in [-0.2, -0.15) is 0 Å². The molecule has 0 heterocycles. The van der Waals surface area contributed by atoms with Gasteiger partial charge >= 0.3 is 0 Å². The normalized spacial score (nSPS) is 11.0. The standard InChI is InChI=1S/3C4H10O.CH2Cl2/c3*1-4(2,3)5;2-1-3/h3*5H,1-3H3;1H2. The fourth-order valence-electron chi connectivity index (χ4n) is 0. The molecule has 18 heavy (non-hydrogen) atoms. The van der Waals surface area contributed by atoms with E-state index < -0.39 is 16.8 Å². The van der Waals surface area contributed by atoms with Gasteiger partial charge in [-0.1, -0.05) is 0 Å². The summed E-state index contributed by atoms with van der Waals surface area (Å²) >= 11 is 9.53. The molecule has 0 spiro atoms. The topological polar surface area (TPSA) is 60.7 Å². The highest BCUT2D eigenvalue weighted by atomic mass is 35.5. The van der Waals surface area contributed by atoms with Gasteiger partial charge in [-0.15, -0.1) is 23.2 Å². The van der Waals surface area contributed by atoms with Gasteiger partial charge in [0.15, 0.2) is 0 Å². The molecule has 0 aliphatic heterocycles. The van der Waals surface area contributed by atoms with Gasteiger partial charge in [0.2, 0.25) is 0 Å². The first-order valence-electron chi connectivity index (χ1n) is 5.71. The molecular weight excluding hydrogens is 275 g/mol. The third-order valence-electron chi connectivity index (χ3n) is 0. The van der Waals surface area contributed by atoms with E-state index in [4.69, 9.17) is 38.5 Å². The van der Waals surface area contributed by atoms with Crippen molar-refractivity contribution in [1.29, 1.82) is 0 Å². The van der Waals surface area contributed by atoms with Crippen molar-refractivity contribution < 1.29 is 15.3 Å². The van der Waals surface area contributed by atoms with Crippen LogP contribution in [0.2, 0.25) is 0 Å². The van der Waals surface area contributed by atoms with Gasteiger partial charge in [-0.3, -0.25) is 0 Å². The van der Waals surface area contributed by atoms with Crippen molar-refractivity contribution in [1.82, 2.24) is 0 Å². The van der Waals surface area contributed by atoms with Gasteiger partial charge in [-0.25, -0.2) is 0 Å². The van der Waals surface area contributed by atoms with Crippen molar-refractivity contribution in [2.75, 3.05) is 5.34 Å². The number of aliphatic hydroxyl groups is 3. The number of halogens is 2. The van der Waals surface area contributed by atoms with E-state index in [9.17, 15) is 0 Å². The molecule has 0 aliphatic rings. The zero-order chi connectivity index (χ0) is 16.2. The van der Waals surface area contributed by atoms with Crippen molar-refractivity contribution in [3.63, 3.8) is 0 Å². The third kappa shape index (κ3) is 18600. The van der Waals surface area contributed by atoms with Crippen LogP contribution in [0, 0.1) is 0 Å². The molecule has 0 aromatic rings. The summed E-state index contributed by atoms with van der Waals surface area (Å²) in [6, 6.07) is 0. The van der Waals surface area contributed by atoms with Crippen LogP contribution in [0.25, 0.3) is 0 Å². The molecule has 0 fully saturated rings. The Kier molecular flexibility index (Phi) is 18.7. The van der Waals surface area contributed by atoms with Gasteiger partial charge < -0.3 is 15.3 Å². The summed E-state index contributed by atoms with van der Waals surface area (Å²) in [6.07, 6.45) is 0. The maximum atomic E-state index is 8.52. The molecule has 0 aliphatic carbocycles. The minimum atomic E-state index is -0.500. The molecule has 0 bridgehead atoms. The van der Waals surface area contributed by atoms with Gasteiger partial charge in [-0.05, 0) is 62.3 Å². The first kappa shape index (κ1) is 26.9. The molecule has 0 rings (SSSR count). The minimum Gasteiger partial charge on any atom is -0.391 e. The van der Waals surface area contributed by atoms with E-state index in [1.165, 1.54) is 0 Å². The Balaban J connectivity index is -0.0000000739. The first-order chi connectivity index (χ1) is 7.41. The van der Waals surface area contributed by atoms with E-state index in [1.807, 2.05) is 0 Å². The van der Waals surface area contributed by atoms with E-state index >= 15 is 0 Å². The Morgan fingerprint density at radius 3 is 0.556 bits per heavy atom. The predicted octanol–water partition coefficient (Wildman–Crippen LogP) is 3.75. The van der Waals surface area contributed by atoms with Crippen molar-refractivity contribution in [2.24, 2.45) is 0 Å². The van der Waals surface area contributed by atoms with Crippen LogP contribution in [0.15, 0.2) is 0 Å². The van der Waals surface area contributed by atoms with Crippen molar-refractivity contribution >= 4 is 23.2 Å². The quantitative estimate of drug-likeness (QED) is 0.597. The molecule has 3 nitrogen and oxygen atoms in total. The van der Waals surface area contributed by atoms with E-state index in [1.54, 1.807) is 62.3 Å². The molecule has 5 heteroatoms. The highest BCUT2D eigenvalue weighted by Crippen LogP contribution is 1.94. The largest absolute Gasteiger partial charge is 0.391 e. The minimum absolute atomic E-state index is 0.194. The second-order valence-corrected chi connectivity index (χ2v) is 7.42. The number of hydrogen-bond acceptors (Lipinski definition) is 3. The summed E-state index contributed by atoms with van der Waals surface area (Å²) < 4.78 is 0. The summed E-state index contributed by atoms with van der Waals surface area (Å²) in [7, 11) is 0. The van der Waals surface area contributed by atoms with Crippen LogP contribution >= 0.6 is 23.2 Å². The molecule has 0 unspecified atom stereocenters. The van der Waals surface area contributed by atoms with Crippen molar-refractivity contribution in [3.8, 4) is 0 Å². The van der Waals surface area contributed by atoms with Crippen LogP contribution in [-0.2, 0) is 0 Å². The van der Waals surface area contributed by atoms with Crippen LogP contribution in [0.1, 0.15) is 62.3 Å². The highest BCUT2D eigenvalue weighted by Gasteiger charge is 1.98. The van der Waals surface area contributed by atoms with Crippen LogP contribution in [0.3, 0.4) is 0 Å². The second kappa shape index (κ2) is 12.5. The molecule has 0 aromatic heterocycles. The lowest BCUT2D eigenvalue weighted by atomic mass is 10.2. The van der Waals surface area contributed by atoms with E-state index in [0.29, 0.717) is 0 Å². The molecule has 0 atom stereocenters. The summed E-state index contributed by atoms with van der Waals surface area (Å²) in [4.78, 5) is 0. The average Bonchev–Trinajstić information content (AvgIpc) is 1.71. The van der Waals surface area contributed by atoms with E-state index in [0.717, 1.165) is 0 Å². The molecule has 0 saturated carbocycles. The highest BCUT2D eigenvalue weighted by molar-refractivity contribution is 6.40. The van der Waals surface area contributed by atoms with Gasteiger partial charge in [0.1, 0.15) is 0 Å². The van der Waals surface area contributed by atoms with Gasteiger partial charge in [0.25, 0.3) is 0 Å². The Morgan fingerprint density at radius 1 is 0.556 bits per heavy atom. The Bertz CT molecular complexity index is 107. The van der Waals surface area contributed by atoms with E-state index in [-0.39, 0.29) is 5.34 Å². The molecule has 0 aromatic carbocycles. The summed E-state index contributed by atoms with van der Waals surface area (Å²) in [5, 5.41) is 25.8. The zero-order valence-electron chi connectivity index (χ0n) is 13.3. The lowest BCUT2D eigenvalue weighted by Gasteiger charge is -2.04. The lowest BCUT2D eigenvalue weighted by molar-refractivity contribution is 0.101. The monoisotopic (exact) mass is 306 g/mol. The fourth-order valence-corrected chi connectivity index (χ4v) is 0. The lowest BCUT2D eigenvalue weighted by Crippen LogP contribution is -2.10. The van der Waals surface area contributed by atoms with Crippen LogP contribution in [-0.4, -0.2) is 37.5 Å². The molecule has 0 saturated heterocycles. The van der Waals surface area contributed by atoms with Gasteiger partial charge in [0.05, 0.1) is 22.1 Å². The maximum absolute atomic E-state index is 8.52. The Hall–Kier alpha value is 0.460. The fraction of sp³-hybridized carbons (Fsp3) is 1.00. The van der Waals surface area contributed by atoms with E-state index in [2.05, 4.69) is 0 Å². The molecule has 3 N–H and O–H groups in total. The smallest absolute Gasteiger partial charge is 0.0967 e. The average molecular weight is 307 g/mol. The number of rotatable bonds is 0. The van der Waals surface area contributed by atoms with Crippen LogP contribution in [0.4, 0.5) is 0 Å². The molecule has 116 valence electrons. The van der Waals surface area contributed by atoms with Crippen LogP contribution in [0.5, 0.6) is 0 Å². The van der Waals surface area contributed by atoms with Gasteiger partial charge in [0, 0.05) is 0 Å². The molecule has 0 amide bonds. The second-order valence-electron chi connectivity index (χ2n) is 6.61. The molecular formula is C13H32Cl2O3. The predicted molar refractivity (Wildman–Crippen MR) is 82.5 cm³/mol. The molecule has 0 radical (unpaired) electrons. The maximum Gasteiger partial charge on any atom is 0.0967 e. The Labute approximate surface area is 123 Å². The zero-order valence-corrected chi connectivity index (χ0v) is 14.8. The summed E-state index contributed by atoms with van der Waals surface area (Å²) in [5.74, 6) is 0.